The molecule has 0 spiro atoms. The van der Waals surface area contributed by atoms with Crippen molar-refractivity contribution < 1.29 is 21.7 Å². The van der Waals surface area contributed by atoms with Crippen LogP contribution < -0.4 is 0 Å². The second-order valence-corrected chi connectivity index (χ2v) is 5.36. The predicted octanol–water partition coefficient (Wildman–Crippen LogP) is 5.38. The second kappa shape index (κ2) is 10.2. The van der Waals surface area contributed by atoms with Crippen LogP contribution in [0.4, 0.5) is 5.69 Å². The molecule has 112 valence electrons. The van der Waals surface area contributed by atoms with E-state index in [1.165, 1.54) is 5.56 Å². The summed E-state index contributed by atoms with van der Waals surface area (Å²) in [5, 5.41) is 0. The first-order valence-corrected chi connectivity index (χ1v) is 6.18. The molecule has 0 unspecified atom stereocenters. The summed E-state index contributed by atoms with van der Waals surface area (Å²) in [6, 6.07) is 19.6. The van der Waals surface area contributed by atoms with Crippen LogP contribution in [0.15, 0.2) is 53.5 Å². The van der Waals surface area contributed by atoms with Gasteiger partial charge in [-0.25, -0.2) is 0 Å². The zero-order chi connectivity index (χ0) is 13.0. The van der Waals surface area contributed by atoms with Gasteiger partial charge in [-0.05, 0) is 23.8 Å². The van der Waals surface area contributed by atoms with E-state index in [-0.39, 0.29) is 51.9 Å². The Morgan fingerprint density at radius 1 is 0.905 bits per heavy atom. The van der Waals surface area contributed by atoms with Gasteiger partial charge in [-0.2, -0.15) is 0 Å². The summed E-state index contributed by atoms with van der Waals surface area (Å²) in [5.41, 5.74) is 3.31. The van der Waals surface area contributed by atoms with E-state index in [0.29, 0.717) is 0 Å². The third-order valence-electron chi connectivity index (χ3n) is 2.73. The first kappa shape index (κ1) is 22.7. The third-order valence-corrected chi connectivity index (χ3v) is 2.73. The van der Waals surface area contributed by atoms with E-state index in [0.717, 1.165) is 11.3 Å². The van der Waals surface area contributed by atoms with Crippen molar-refractivity contribution in [1.82, 2.24) is 0 Å². The minimum absolute atomic E-state index is 0. The minimum atomic E-state index is 0. The van der Waals surface area contributed by atoms with Crippen LogP contribution in [0.5, 0.6) is 0 Å². The Bertz CT molecular complexity index is 548. The molecule has 2 rings (SSSR count). The summed E-state index contributed by atoms with van der Waals surface area (Å²) in [6.45, 7) is 6.57. The number of benzene rings is 2. The largest absolute Gasteiger partial charge is 0.305 e. The van der Waals surface area contributed by atoms with Crippen LogP contribution in [0.2, 0.25) is 0 Å². The fourth-order valence-corrected chi connectivity index (χ4v) is 1.66. The van der Waals surface area contributed by atoms with Gasteiger partial charge in [0.05, 0.1) is 5.69 Å². The Labute approximate surface area is 155 Å². The summed E-state index contributed by atoms with van der Waals surface area (Å²) in [6.07, 6.45) is 1.87. The number of para-hydroxylation sites is 1. The van der Waals surface area contributed by atoms with E-state index in [9.17, 15) is 0 Å². The molecule has 2 aromatic carbocycles. The van der Waals surface area contributed by atoms with Gasteiger partial charge in [0.15, 0.2) is 0 Å². The molecule has 0 fully saturated rings. The normalized spacial score (nSPS) is 10.2. The first-order valence-electron chi connectivity index (χ1n) is 6.18. The number of halogens is 2. The number of rotatable bonds is 2. The van der Waals surface area contributed by atoms with Crippen LogP contribution in [0.25, 0.3) is 0 Å². The van der Waals surface area contributed by atoms with Crippen molar-refractivity contribution >= 4 is 36.7 Å². The van der Waals surface area contributed by atoms with Crippen molar-refractivity contribution in [3.8, 4) is 0 Å². The van der Waals surface area contributed by atoms with Crippen LogP contribution in [0.3, 0.4) is 0 Å². The molecule has 2 aromatic rings. The Hall–Kier alpha value is -0.596. The molecular weight excluding hydrogens is 337 g/mol. The zero-order valence-electron chi connectivity index (χ0n) is 12.5. The van der Waals surface area contributed by atoms with Crippen LogP contribution in [0, 0.1) is 6.07 Å². The molecule has 4 heteroatoms. The quantitative estimate of drug-likeness (QED) is 0.389. The van der Waals surface area contributed by atoms with Gasteiger partial charge in [-0.15, -0.1) is 60.2 Å². The summed E-state index contributed by atoms with van der Waals surface area (Å²) in [4.78, 5) is 4.44. The molecule has 0 saturated carbocycles. The molecule has 0 bridgehead atoms. The molecule has 0 aliphatic heterocycles. The fourth-order valence-electron chi connectivity index (χ4n) is 1.66. The van der Waals surface area contributed by atoms with Crippen LogP contribution in [0.1, 0.15) is 31.9 Å². The molecule has 0 amide bonds. The number of hydrogen-bond donors (Lipinski definition) is 0. The van der Waals surface area contributed by atoms with Crippen LogP contribution in [-0.2, 0) is 27.1 Å². The van der Waals surface area contributed by atoms with Gasteiger partial charge in [-0.1, -0.05) is 39.0 Å². The topological polar surface area (TPSA) is 12.4 Å². The van der Waals surface area contributed by atoms with Crippen molar-refractivity contribution in [1.29, 1.82) is 0 Å². The van der Waals surface area contributed by atoms with Crippen molar-refractivity contribution in [2.24, 2.45) is 4.99 Å². The number of nitrogens with zero attached hydrogens (tertiary/aromatic N) is 1. The smallest absolute Gasteiger partial charge is 0.0516 e. The molecule has 0 radical (unpaired) electrons. The number of aliphatic imine (C=N–C) groups is 1. The Kier molecular flexibility index (Phi) is 11.0. The Balaban J connectivity index is 0. The molecule has 0 saturated heterocycles. The Morgan fingerprint density at radius 3 is 2.10 bits per heavy atom. The van der Waals surface area contributed by atoms with Gasteiger partial charge in [0, 0.05) is 21.7 Å². The van der Waals surface area contributed by atoms with E-state index in [1.807, 2.05) is 42.6 Å². The van der Waals surface area contributed by atoms with E-state index < -0.39 is 0 Å². The van der Waals surface area contributed by atoms with Gasteiger partial charge < -0.3 is 4.99 Å². The Morgan fingerprint density at radius 2 is 1.52 bits per heavy atom. The molecular formula is C17H20Cl2NTi-. The van der Waals surface area contributed by atoms with Gasteiger partial charge in [0.2, 0.25) is 0 Å². The monoisotopic (exact) mass is 356 g/mol. The molecule has 21 heavy (non-hydrogen) atoms. The van der Waals surface area contributed by atoms with Crippen molar-refractivity contribution in [2.45, 2.75) is 26.2 Å². The summed E-state index contributed by atoms with van der Waals surface area (Å²) in [7, 11) is 0. The van der Waals surface area contributed by atoms with Crippen LogP contribution >= 0.6 is 24.8 Å². The predicted molar refractivity (Wildman–Crippen MR) is 92.2 cm³/mol. The standard InChI is InChI=1S/C17H18N.2ClH.Ti/c1-17(2,3)15-9-7-8-14(12-15)13-18-16-10-5-4-6-11-16;;;/h4-11,13H,1-3H3;2*1H;/q-1;;;. The first-order chi connectivity index (χ1) is 8.55. The van der Waals surface area contributed by atoms with Gasteiger partial charge in [0.1, 0.15) is 0 Å². The fraction of sp³-hybridized carbons (Fsp3) is 0.235. The summed E-state index contributed by atoms with van der Waals surface area (Å²) < 4.78 is 0. The van der Waals surface area contributed by atoms with Crippen LogP contribution in [-0.4, -0.2) is 6.21 Å². The average molecular weight is 357 g/mol. The van der Waals surface area contributed by atoms with Crippen molar-refractivity contribution in [3.63, 3.8) is 0 Å². The summed E-state index contributed by atoms with van der Waals surface area (Å²) >= 11 is 0. The molecule has 0 atom stereocenters. The maximum absolute atomic E-state index is 4.44. The summed E-state index contributed by atoms with van der Waals surface area (Å²) in [5.74, 6) is 0. The van der Waals surface area contributed by atoms with E-state index in [4.69, 9.17) is 0 Å². The maximum Gasteiger partial charge on any atom is 0.0516 e. The molecule has 0 aliphatic rings. The van der Waals surface area contributed by atoms with E-state index in [2.05, 4.69) is 44.0 Å². The maximum atomic E-state index is 4.44. The molecule has 0 heterocycles. The van der Waals surface area contributed by atoms with E-state index in [1.54, 1.807) is 0 Å². The SMILES string of the molecule is CC(C)(C)c1[c-]c(C=Nc2ccccc2)ccc1.Cl.Cl.[Ti]. The molecule has 0 aromatic heterocycles. The molecule has 1 nitrogen and oxygen atoms in total. The average Bonchev–Trinajstić information content (AvgIpc) is 2.37. The molecule has 0 N–H and O–H groups in total. The van der Waals surface area contributed by atoms with Gasteiger partial charge in [0.25, 0.3) is 0 Å². The van der Waals surface area contributed by atoms with Crippen molar-refractivity contribution in [2.75, 3.05) is 0 Å². The van der Waals surface area contributed by atoms with Gasteiger partial charge in [-0.3, -0.25) is 0 Å². The third kappa shape index (κ3) is 7.29. The zero-order valence-corrected chi connectivity index (χ0v) is 15.7. The number of hydrogen-bond acceptors (Lipinski definition) is 1. The molecule has 0 aliphatic carbocycles. The van der Waals surface area contributed by atoms with Gasteiger partial charge >= 0.3 is 0 Å². The minimum Gasteiger partial charge on any atom is -0.305 e. The second-order valence-electron chi connectivity index (χ2n) is 5.36. The van der Waals surface area contributed by atoms with E-state index >= 15 is 0 Å². The van der Waals surface area contributed by atoms with Crippen molar-refractivity contribution in [3.05, 3.63) is 65.7 Å².